The first-order valence-electron chi connectivity index (χ1n) is 26.5. The number of pyridine rings is 2. The van der Waals surface area contributed by atoms with Gasteiger partial charge in [-0.05, 0) is 163 Å². The van der Waals surface area contributed by atoms with E-state index in [4.69, 9.17) is 52.6 Å². The summed E-state index contributed by atoms with van der Waals surface area (Å²) in [4.78, 5) is 85.2. The molecule has 4 aromatic carbocycles. The fraction of sp³-hybridized carbons (Fsp3) is 0.300. The van der Waals surface area contributed by atoms with Crippen molar-refractivity contribution in [2.45, 2.75) is 65.6 Å². The number of fused-ring (bicyclic) bond motifs is 4. The maximum Gasteiger partial charge on any atom is 0.410 e. The second-order valence-electron chi connectivity index (χ2n) is 21.6. The minimum Gasteiger partial charge on any atom is -0.444 e. The summed E-state index contributed by atoms with van der Waals surface area (Å²) in [5.74, 6) is 2.61. The van der Waals surface area contributed by atoms with Crippen LogP contribution in [-0.4, -0.2) is 127 Å². The Balaban J connectivity index is 0.000000154. The number of halogens is 3. The number of piperazine rings is 2. The Morgan fingerprint density at radius 3 is 1.59 bits per heavy atom. The Bertz CT molecular complexity index is 3700. The Labute approximate surface area is 487 Å². The number of aromatic nitrogens is 6. The average molecular weight is 1200 g/mol. The van der Waals surface area contributed by atoms with Gasteiger partial charge in [0.1, 0.15) is 35.9 Å². The zero-order valence-electron chi connectivity index (χ0n) is 45.6. The Hall–Kier alpha value is -8.00. The standard InChI is InChI=1S/C30H29ClN6O3.C21H14BrClN4.C9H16N2O3/c1-30(2,3)40-29(39)35-13-14-36(26(38)18-35)22-7-8-23-24(16-22)33-27(20-5-4-11-32-17-20)34-28(23)37-12-10-19-15-21(31)6-9-25(19)37;22-15-3-5-17-18(11-15)25-20(14-2-1-8-24-12-14)26-21(17)27-9-7-13-10-16(23)4-6-19(13)27;1-9(2,3)14-8(13)11-5-4-10-7(12)6-11/h4-9,11,15-17H,10,12-14,18H2,1-3H3;1-6,8,10-12H,7,9H2;4-6H2,1-3H3,(H,10,12). The molecule has 0 aliphatic carbocycles. The Morgan fingerprint density at radius 2 is 1.10 bits per heavy atom. The van der Waals surface area contributed by atoms with E-state index >= 15 is 0 Å². The molecule has 4 aromatic heterocycles. The molecule has 0 saturated carbocycles. The molecule has 8 aromatic rings. The number of ether oxygens (including phenoxy) is 2. The molecule has 21 heteroatoms. The van der Waals surface area contributed by atoms with E-state index in [0.717, 1.165) is 91.5 Å². The number of hydrogen-bond donors (Lipinski definition) is 1. The molecule has 0 radical (unpaired) electrons. The van der Waals surface area contributed by atoms with Gasteiger partial charge in [0, 0.05) is 118 Å². The van der Waals surface area contributed by atoms with E-state index in [9.17, 15) is 19.2 Å². The monoisotopic (exact) mass is 1190 g/mol. The highest BCUT2D eigenvalue weighted by Crippen LogP contribution is 2.41. The smallest absolute Gasteiger partial charge is 0.410 e. The molecule has 0 atom stereocenters. The molecule has 416 valence electrons. The van der Waals surface area contributed by atoms with Gasteiger partial charge in [0.15, 0.2) is 11.6 Å². The summed E-state index contributed by atoms with van der Waals surface area (Å²) in [5.41, 5.74) is 7.54. The van der Waals surface area contributed by atoms with Crippen LogP contribution in [0.2, 0.25) is 10.0 Å². The van der Waals surface area contributed by atoms with Gasteiger partial charge in [-0.1, -0.05) is 39.1 Å². The van der Waals surface area contributed by atoms with Gasteiger partial charge in [0.05, 0.1) is 11.0 Å². The van der Waals surface area contributed by atoms with Crippen LogP contribution in [0, 0.1) is 0 Å². The topological polar surface area (TPSA) is 192 Å². The first-order chi connectivity index (χ1) is 38.7. The first kappa shape index (κ1) is 56.3. The molecule has 2 fully saturated rings. The highest BCUT2D eigenvalue weighted by atomic mass is 79.9. The number of nitrogens with one attached hydrogen (secondary N) is 1. The van der Waals surface area contributed by atoms with Crippen molar-refractivity contribution < 1.29 is 28.7 Å². The largest absolute Gasteiger partial charge is 0.444 e. The summed E-state index contributed by atoms with van der Waals surface area (Å²) in [6.45, 7) is 14.3. The summed E-state index contributed by atoms with van der Waals surface area (Å²) in [7, 11) is 0. The van der Waals surface area contributed by atoms with Crippen molar-refractivity contribution in [1.29, 1.82) is 0 Å². The van der Waals surface area contributed by atoms with Gasteiger partial charge >= 0.3 is 12.2 Å². The van der Waals surface area contributed by atoms with E-state index in [0.29, 0.717) is 48.4 Å². The molecule has 0 bridgehead atoms. The zero-order chi connectivity index (χ0) is 57.2. The predicted molar refractivity (Wildman–Crippen MR) is 319 cm³/mol. The van der Waals surface area contributed by atoms with Crippen LogP contribution in [-0.2, 0) is 31.9 Å². The fourth-order valence-corrected chi connectivity index (χ4v) is 10.5. The van der Waals surface area contributed by atoms with E-state index < -0.39 is 23.4 Å². The molecular weight excluding hydrogens is 1140 g/mol. The number of nitrogens with zero attached hydrogens (tertiary/aromatic N) is 11. The van der Waals surface area contributed by atoms with Crippen molar-refractivity contribution in [1.82, 2.24) is 45.0 Å². The van der Waals surface area contributed by atoms with E-state index in [1.165, 1.54) is 20.9 Å². The van der Waals surface area contributed by atoms with Crippen LogP contribution in [0.15, 0.2) is 126 Å². The van der Waals surface area contributed by atoms with E-state index in [1.54, 1.807) is 50.5 Å². The lowest BCUT2D eigenvalue weighted by Crippen LogP contribution is -2.53. The molecule has 4 aliphatic heterocycles. The van der Waals surface area contributed by atoms with Gasteiger partial charge in [0.2, 0.25) is 11.8 Å². The maximum atomic E-state index is 13.2. The van der Waals surface area contributed by atoms with Crippen LogP contribution in [0.4, 0.5) is 38.3 Å². The number of rotatable bonds is 5. The molecular formula is C60H59BrCl2N12O6. The van der Waals surface area contributed by atoms with E-state index in [1.807, 2.05) is 106 Å². The molecule has 0 unspecified atom stereocenters. The summed E-state index contributed by atoms with van der Waals surface area (Å²) in [6.07, 6.45) is 7.90. The van der Waals surface area contributed by atoms with Crippen LogP contribution < -0.4 is 20.0 Å². The quantitative estimate of drug-likeness (QED) is 0.171. The van der Waals surface area contributed by atoms with Crippen molar-refractivity contribution >= 4 is 114 Å². The molecule has 12 rings (SSSR count). The third kappa shape index (κ3) is 13.3. The molecule has 18 nitrogen and oxygen atoms in total. The number of anilines is 5. The van der Waals surface area contributed by atoms with Crippen LogP contribution in [0.1, 0.15) is 52.7 Å². The van der Waals surface area contributed by atoms with Gasteiger partial charge in [-0.25, -0.2) is 29.5 Å². The van der Waals surface area contributed by atoms with Crippen molar-refractivity contribution in [3.8, 4) is 22.8 Å². The minimum atomic E-state index is -0.624. The lowest BCUT2D eigenvalue weighted by molar-refractivity contribution is -0.124. The molecule has 8 heterocycles. The summed E-state index contributed by atoms with van der Waals surface area (Å²) < 4.78 is 11.6. The maximum absolute atomic E-state index is 13.2. The van der Waals surface area contributed by atoms with E-state index in [2.05, 4.69) is 53.1 Å². The van der Waals surface area contributed by atoms with Crippen LogP contribution >= 0.6 is 39.1 Å². The average Bonchev–Trinajstić information content (AvgIpc) is 4.20. The number of carbonyl (C=O) groups excluding carboxylic acids is 4. The lowest BCUT2D eigenvalue weighted by atomic mass is 10.1. The number of benzene rings is 4. The molecule has 81 heavy (non-hydrogen) atoms. The summed E-state index contributed by atoms with van der Waals surface area (Å²) in [6, 6.07) is 31.5. The van der Waals surface area contributed by atoms with Crippen molar-refractivity contribution in [2.75, 3.05) is 67.1 Å². The first-order valence-corrected chi connectivity index (χ1v) is 28.0. The highest BCUT2D eigenvalue weighted by Gasteiger charge is 2.33. The lowest BCUT2D eigenvalue weighted by Gasteiger charge is -2.35. The van der Waals surface area contributed by atoms with Crippen LogP contribution in [0.3, 0.4) is 0 Å². The second-order valence-corrected chi connectivity index (χ2v) is 23.4. The number of amides is 4. The van der Waals surface area contributed by atoms with Gasteiger partial charge in [0.25, 0.3) is 0 Å². The minimum absolute atomic E-state index is 0.0456. The summed E-state index contributed by atoms with van der Waals surface area (Å²) in [5, 5.41) is 6.02. The summed E-state index contributed by atoms with van der Waals surface area (Å²) >= 11 is 16.0. The normalized spacial score (nSPS) is 15.1. The number of carbonyl (C=O) groups is 4. The van der Waals surface area contributed by atoms with Crippen LogP contribution in [0.25, 0.3) is 44.6 Å². The van der Waals surface area contributed by atoms with E-state index in [-0.39, 0.29) is 24.9 Å². The zero-order valence-corrected chi connectivity index (χ0v) is 48.7. The third-order valence-corrected chi connectivity index (χ3v) is 14.4. The van der Waals surface area contributed by atoms with Crippen molar-refractivity contribution in [2.24, 2.45) is 0 Å². The van der Waals surface area contributed by atoms with Gasteiger partial charge < -0.3 is 29.5 Å². The van der Waals surface area contributed by atoms with Crippen molar-refractivity contribution in [3.63, 3.8) is 0 Å². The van der Waals surface area contributed by atoms with Gasteiger partial charge in [-0.2, -0.15) is 0 Å². The van der Waals surface area contributed by atoms with Gasteiger partial charge in [-0.15, -0.1) is 0 Å². The van der Waals surface area contributed by atoms with Crippen molar-refractivity contribution in [3.05, 3.63) is 147 Å². The van der Waals surface area contributed by atoms with Gasteiger partial charge in [-0.3, -0.25) is 29.4 Å². The van der Waals surface area contributed by atoms with Crippen LogP contribution in [0.5, 0.6) is 0 Å². The number of hydrogen-bond acceptors (Lipinski definition) is 14. The third-order valence-electron chi connectivity index (χ3n) is 13.4. The second kappa shape index (κ2) is 23.6. The highest BCUT2D eigenvalue weighted by molar-refractivity contribution is 9.10. The molecule has 0 spiro atoms. The predicted octanol–water partition coefficient (Wildman–Crippen LogP) is 11.8. The molecule has 4 amide bonds. The molecule has 1 N–H and O–H groups in total. The SMILES string of the molecule is CC(C)(C)OC(=O)N1CCN(c2ccc3c(N4CCc5cc(Cl)ccc54)nc(-c4cccnc4)nc3c2)C(=O)C1.CC(C)(C)OC(=O)N1CCNC(=O)C1.Clc1ccc2c(c1)CCN2c1nc(-c2cccnc2)nc2cc(Br)ccc12. The Kier molecular flexibility index (Phi) is 16.4. The Morgan fingerprint density at radius 1 is 0.580 bits per heavy atom. The molecule has 2 saturated heterocycles. The molecule has 4 aliphatic rings. The fourth-order valence-electron chi connectivity index (χ4n) is 9.75.